The molecule has 0 spiro atoms. The molecule has 1 aromatic carbocycles. The quantitative estimate of drug-likeness (QED) is 0.921. The molecule has 2 amide bonds. The van der Waals surface area contributed by atoms with Gasteiger partial charge in [-0.2, -0.15) is 5.10 Å². The van der Waals surface area contributed by atoms with Crippen LogP contribution in [0.3, 0.4) is 0 Å². The number of carbonyl (C=O) groups is 1. The summed E-state index contributed by atoms with van der Waals surface area (Å²) in [6.07, 6.45) is 3.89. The zero-order valence-corrected chi connectivity index (χ0v) is 15.7. The van der Waals surface area contributed by atoms with Crippen LogP contribution in [0, 0.1) is 6.92 Å². The largest absolute Gasteiger partial charge is 0.322 e. The van der Waals surface area contributed by atoms with E-state index in [1.54, 1.807) is 0 Å². The van der Waals surface area contributed by atoms with Gasteiger partial charge in [0.2, 0.25) is 0 Å². The molecule has 1 aromatic heterocycles. The van der Waals surface area contributed by atoms with Gasteiger partial charge in [-0.25, -0.2) is 4.79 Å². The molecule has 138 valence electrons. The molecule has 2 aliphatic rings. The van der Waals surface area contributed by atoms with Crippen molar-refractivity contribution < 1.29 is 4.79 Å². The molecule has 0 radical (unpaired) electrons. The zero-order valence-electron chi connectivity index (χ0n) is 15.7. The predicted molar refractivity (Wildman–Crippen MR) is 102 cm³/mol. The highest BCUT2D eigenvalue weighted by Gasteiger charge is 2.30. The minimum Gasteiger partial charge on any atom is -0.314 e. The Kier molecular flexibility index (Phi) is 4.68. The number of anilines is 1. The van der Waals surface area contributed by atoms with E-state index in [0.717, 1.165) is 36.7 Å². The van der Waals surface area contributed by atoms with Crippen molar-refractivity contribution in [2.75, 3.05) is 18.4 Å². The zero-order chi connectivity index (χ0) is 18.1. The monoisotopic (exact) mass is 353 g/mol. The second-order valence-corrected chi connectivity index (χ2v) is 7.48. The molecule has 0 unspecified atom stereocenters. The Balaban J connectivity index is 1.43. The molecule has 0 saturated carbocycles. The first-order valence-electron chi connectivity index (χ1n) is 9.49. The lowest BCUT2D eigenvalue weighted by atomic mass is 10.1. The first-order chi connectivity index (χ1) is 12.6. The summed E-state index contributed by atoms with van der Waals surface area (Å²) in [4.78, 5) is 17.0. The molecule has 6 nitrogen and oxygen atoms in total. The van der Waals surface area contributed by atoms with Crippen LogP contribution >= 0.6 is 0 Å². The average molecular weight is 353 g/mol. The van der Waals surface area contributed by atoms with Crippen molar-refractivity contribution in [3.05, 3.63) is 46.8 Å². The number of piperidine rings is 1. The van der Waals surface area contributed by atoms with E-state index in [2.05, 4.69) is 10.2 Å². The predicted octanol–water partition coefficient (Wildman–Crippen LogP) is 3.26. The van der Waals surface area contributed by atoms with Gasteiger partial charge in [-0.1, -0.05) is 24.1 Å². The van der Waals surface area contributed by atoms with Gasteiger partial charge < -0.3 is 10.2 Å². The lowest BCUT2D eigenvalue weighted by Crippen LogP contribution is -2.32. The Hall–Kier alpha value is -2.34. The van der Waals surface area contributed by atoms with Gasteiger partial charge in [0.1, 0.15) is 0 Å². The summed E-state index contributed by atoms with van der Waals surface area (Å²) in [5.74, 6) is 0. The number of carbonyl (C=O) groups excluding carboxylic acids is 1. The van der Waals surface area contributed by atoms with Crippen LogP contribution in [0.5, 0.6) is 0 Å². The number of likely N-dealkylation sites (tertiary alicyclic amines) is 1. The van der Waals surface area contributed by atoms with Crippen LogP contribution in [-0.2, 0) is 26.7 Å². The fourth-order valence-electron chi connectivity index (χ4n) is 3.91. The lowest BCUT2D eigenvalue weighted by Gasteiger charge is -2.26. The second-order valence-electron chi connectivity index (χ2n) is 7.48. The first kappa shape index (κ1) is 17.1. The van der Waals surface area contributed by atoms with E-state index >= 15 is 0 Å². The molecule has 0 atom stereocenters. The average Bonchev–Trinajstić information content (AvgIpc) is 3.20. The van der Waals surface area contributed by atoms with Crippen molar-refractivity contribution in [3.63, 3.8) is 0 Å². The van der Waals surface area contributed by atoms with Crippen molar-refractivity contribution >= 4 is 11.7 Å². The van der Waals surface area contributed by atoms with Crippen LogP contribution in [0.4, 0.5) is 10.5 Å². The summed E-state index contributed by atoms with van der Waals surface area (Å²) in [6, 6.07) is 7.86. The number of nitrogens with zero attached hydrogens (tertiary/aromatic N) is 4. The molecule has 2 aliphatic heterocycles. The van der Waals surface area contributed by atoms with Crippen molar-refractivity contribution in [1.29, 1.82) is 0 Å². The standard InChI is InChI=1S/C20H27N5O/c1-15-6-8-16(9-7-15)21-20(26)25-12-17-18(22-23(2)19(17)14-25)13-24-10-4-3-5-11-24/h6-9H,3-5,10-14H2,1-2H3,(H,21,26). The summed E-state index contributed by atoms with van der Waals surface area (Å²) in [7, 11) is 1.99. The number of urea groups is 1. The third-order valence-corrected chi connectivity index (χ3v) is 5.46. The van der Waals surface area contributed by atoms with Crippen LogP contribution in [0.25, 0.3) is 0 Å². The number of rotatable bonds is 3. The molecule has 4 rings (SSSR count). The van der Waals surface area contributed by atoms with Gasteiger partial charge in [-0.05, 0) is 45.0 Å². The second kappa shape index (κ2) is 7.11. The highest BCUT2D eigenvalue weighted by atomic mass is 16.2. The van der Waals surface area contributed by atoms with Gasteiger partial charge in [0.05, 0.1) is 24.5 Å². The van der Waals surface area contributed by atoms with Gasteiger partial charge in [-0.15, -0.1) is 0 Å². The van der Waals surface area contributed by atoms with Gasteiger partial charge in [0.25, 0.3) is 0 Å². The fraction of sp³-hybridized carbons (Fsp3) is 0.500. The summed E-state index contributed by atoms with van der Waals surface area (Å²) in [5, 5.41) is 7.73. The van der Waals surface area contributed by atoms with Crippen LogP contribution in [0.15, 0.2) is 24.3 Å². The summed E-state index contributed by atoms with van der Waals surface area (Å²) >= 11 is 0. The molecule has 1 saturated heterocycles. The third-order valence-electron chi connectivity index (χ3n) is 5.46. The first-order valence-corrected chi connectivity index (χ1v) is 9.49. The number of hydrogen-bond donors (Lipinski definition) is 1. The maximum Gasteiger partial charge on any atom is 0.322 e. The van der Waals surface area contributed by atoms with E-state index in [9.17, 15) is 4.79 Å². The van der Waals surface area contributed by atoms with Crippen LogP contribution in [0.1, 0.15) is 41.8 Å². The molecule has 0 aliphatic carbocycles. The van der Waals surface area contributed by atoms with E-state index < -0.39 is 0 Å². The number of hydrogen-bond acceptors (Lipinski definition) is 3. The highest BCUT2D eigenvalue weighted by Crippen LogP contribution is 2.27. The molecule has 2 aromatic rings. The molecule has 26 heavy (non-hydrogen) atoms. The summed E-state index contributed by atoms with van der Waals surface area (Å²) in [6.45, 7) is 6.52. The van der Waals surface area contributed by atoms with E-state index in [1.807, 2.05) is 47.8 Å². The molecule has 6 heteroatoms. The van der Waals surface area contributed by atoms with Gasteiger partial charge in [-0.3, -0.25) is 9.58 Å². The Morgan fingerprint density at radius 1 is 1.12 bits per heavy atom. The fourth-order valence-corrected chi connectivity index (χ4v) is 3.91. The highest BCUT2D eigenvalue weighted by molar-refractivity contribution is 5.89. The van der Waals surface area contributed by atoms with Crippen molar-refractivity contribution in [3.8, 4) is 0 Å². The molecular weight excluding hydrogens is 326 g/mol. The van der Waals surface area contributed by atoms with Gasteiger partial charge in [0, 0.05) is 24.8 Å². The molecule has 1 fully saturated rings. The maximum atomic E-state index is 12.7. The third kappa shape index (κ3) is 3.46. The molecule has 3 heterocycles. The van der Waals surface area contributed by atoms with E-state index in [-0.39, 0.29) is 6.03 Å². The molecule has 0 bridgehead atoms. The lowest BCUT2D eigenvalue weighted by molar-refractivity contribution is 0.208. The minimum atomic E-state index is -0.0472. The van der Waals surface area contributed by atoms with Crippen molar-refractivity contribution in [2.45, 2.75) is 45.8 Å². The van der Waals surface area contributed by atoms with Crippen LogP contribution < -0.4 is 5.32 Å². The number of amides is 2. The van der Waals surface area contributed by atoms with Crippen molar-refractivity contribution in [1.82, 2.24) is 19.6 Å². The molecular formula is C20H27N5O. The number of aromatic nitrogens is 2. The van der Waals surface area contributed by atoms with Gasteiger partial charge >= 0.3 is 6.03 Å². The number of fused-ring (bicyclic) bond motifs is 1. The summed E-state index contributed by atoms with van der Waals surface area (Å²) < 4.78 is 1.95. The van der Waals surface area contributed by atoms with E-state index in [1.165, 1.54) is 30.4 Å². The Morgan fingerprint density at radius 2 is 1.85 bits per heavy atom. The minimum absolute atomic E-state index is 0.0472. The van der Waals surface area contributed by atoms with Crippen LogP contribution in [-0.4, -0.2) is 38.7 Å². The number of aryl methyl sites for hydroxylation is 2. The van der Waals surface area contributed by atoms with Crippen molar-refractivity contribution in [2.24, 2.45) is 7.05 Å². The SMILES string of the molecule is Cc1ccc(NC(=O)N2Cc3c(CN4CCCCC4)nn(C)c3C2)cc1. The maximum absolute atomic E-state index is 12.7. The van der Waals surface area contributed by atoms with Gasteiger partial charge in [0.15, 0.2) is 0 Å². The smallest absolute Gasteiger partial charge is 0.314 e. The van der Waals surface area contributed by atoms with Crippen LogP contribution in [0.2, 0.25) is 0 Å². The topological polar surface area (TPSA) is 53.4 Å². The molecule has 1 N–H and O–H groups in total. The Labute approximate surface area is 154 Å². The Bertz CT molecular complexity index is 789. The summed E-state index contributed by atoms with van der Waals surface area (Å²) in [5.41, 5.74) is 5.55. The van der Waals surface area contributed by atoms with E-state index in [0.29, 0.717) is 13.1 Å². The number of nitrogens with one attached hydrogen (secondary N) is 1. The number of benzene rings is 1. The normalized spacial score (nSPS) is 17.4. The Morgan fingerprint density at radius 3 is 2.58 bits per heavy atom. The van der Waals surface area contributed by atoms with E-state index in [4.69, 9.17) is 5.10 Å².